The number of hydrogen-bond donors (Lipinski definition) is 1. The van der Waals surface area contributed by atoms with E-state index < -0.39 is 11.0 Å². The second-order valence-electron chi connectivity index (χ2n) is 2.64. The standard InChI is InChI=1S/C8H7BrClNO3/c9-6-2-1-5(8(12)4-10)3-7(6)11(13)14/h1-3,8,12H,4H2/t8-/m0/s1. The van der Waals surface area contributed by atoms with Crippen LogP contribution >= 0.6 is 27.5 Å². The van der Waals surface area contributed by atoms with E-state index in [4.69, 9.17) is 11.6 Å². The van der Waals surface area contributed by atoms with Gasteiger partial charge >= 0.3 is 0 Å². The highest BCUT2D eigenvalue weighted by Crippen LogP contribution is 2.28. The first-order valence-electron chi connectivity index (χ1n) is 3.74. The van der Waals surface area contributed by atoms with Crippen LogP contribution in [0.4, 0.5) is 5.69 Å². The molecule has 76 valence electrons. The second kappa shape index (κ2) is 4.72. The lowest BCUT2D eigenvalue weighted by molar-refractivity contribution is -0.385. The molecule has 0 spiro atoms. The number of hydrogen-bond acceptors (Lipinski definition) is 3. The van der Waals surface area contributed by atoms with Crippen LogP contribution in [0.2, 0.25) is 0 Å². The molecule has 0 heterocycles. The maximum absolute atomic E-state index is 10.5. The first-order valence-corrected chi connectivity index (χ1v) is 5.07. The van der Waals surface area contributed by atoms with Crippen molar-refractivity contribution < 1.29 is 10.0 Å². The number of alkyl halides is 1. The van der Waals surface area contributed by atoms with Gasteiger partial charge in [0, 0.05) is 6.07 Å². The van der Waals surface area contributed by atoms with Crippen LogP contribution in [0.1, 0.15) is 11.7 Å². The van der Waals surface area contributed by atoms with Gasteiger partial charge in [0.15, 0.2) is 0 Å². The molecule has 1 atom stereocenters. The Hall–Kier alpha value is -0.650. The third-order valence-electron chi connectivity index (χ3n) is 1.70. The van der Waals surface area contributed by atoms with E-state index in [1.54, 1.807) is 6.07 Å². The summed E-state index contributed by atoms with van der Waals surface area (Å²) in [7, 11) is 0. The van der Waals surface area contributed by atoms with Crippen LogP contribution in [0.15, 0.2) is 22.7 Å². The second-order valence-corrected chi connectivity index (χ2v) is 3.80. The van der Waals surface area contributed by atoms with Gasteiger partial charge in [0.1, 0.15) is 0 Å². The molecule has 4 nitrogen and oxygen atoms in total. The van der Waals surface area contributed by atoms with Gasteiger partial charge in [-0.15, -0.1) is 11.6 Å². The van der Waals surface area contributed by atoms with Crippen LogP contribution < -0.4 is 0 Å². The number of nitro benzene ring substituents is 1. The predicted octanol–water partition coefficient (Wildman–Crippen LogP) is 2.63. The molecule has 0 unspecified atom stereocenters. The van der Waals surface area contributed by atoms with Crippen molar-refractivity contribution in [3.05, 3.63) is 38.3 Å². The Morgan fingerprint density at radius 2 is 2.29 bits per heavy atom. The smallest absolute Gasteiger partial charge is 0.283 e. The largest absolute Gasteiger partial charge is 0.387 e. The Balaban J connectivity index is 3.12. The van der Waals surface area contributed by atoms with E-state index in [2.05, 4.69) is 15.9 Å². The molecule has 0 saturated carbocycles. The number of halogens is 2. The molecule has 0 fully saturated rings. The number of nitro groups is 1. The lowest BCUT2D eigenvalue weighted by Crippen LogP contribution is -2.00. The average Bonchev–Trinajstić information content (AvgIpc) is 2.17. The summed E-state index contributed by atoms with van der Waals surface area (Å²) in [6, 6.07) is 4.41. The summed E-state index contributed by atoms with van der Waals surface area (Å²) in [5, 5.41) is 19.9. The summed E-state index contributed by atoms with van der Waals surface area (Å²) in [6.07, 6.45) is -0.872. The van der Waals surface area contributed by atoms with Gasteiger partial charge in [-0.3, -0.25) is 10.1 Å². The minimum atomic E-state index is -0.872. The van der Waals surface area contributed by atoms with Gasteiger partial charge in [-0.1, -0.05) is 6.07 Å². The first-order chi connectivity index (χ1) is 6.56. The molecule has 0 radical (unpaired) electrons. The lowest BCUT2D eigenvalue weighted by Gasteiger charge is -2.06. The van der Waals surface area contributed by atoms with Crippen molar-refractivity contribution in [2.45, 2.75) is 6.10 Å². The normalized spacial score (nSPS) is 12.5. The highest BCUT2D eigenvalue weighted by atomic mass is 79.9. The molecule has 0 aliphatic heterocycles. The van der Waals surface area contributed by atoms with Crippen molar-refractivity contribution in [3.8, 4) is 0 Å². The first kappa shape index (κ1) is 11.4. The summed E-state index contributed by atoms with van der Waals surface area (Å²) in [5.41, 5.74) is 0.363. The van der Waals surface area contributed by atoms with E-state index in [0.717, 1.165) is 0 Å². The fraction of sp³-hybridized carbons (Fsp3) is 0.250. The maximum Gasteiger partial charge on any atom is 0.283 e. The molecule has 0 saturated heterocycles. The van der Waals surface area contributed by atoms with Gasteiger partial charge in [0.2, 0.25) is 0 Å². The molecule has 0 aliphatic carbocycles. The molecule has 0 bridgehead atoms. The Labute approximate surface area is 93.8 Å². The SMILES string of the molecule is O=[N+]([O-])c1cc([C@@H](O)CCl)ccc1Br. The van der Waals surface area contributed by atoms with Crippen molar-refractivity contribution in [2.24, 2.45) is 0 Å². The fourth-order valence-corrected chi connectivity index (χ4v) is 1.54. The summed E-state index contributed by atoms with van der Waals surface area (Å²) in [5.74, 6) is 0.0127. The molecule has 0 aromatic heterocycles. The van der Waals surface area contributed by atoms with Crippen LogP contribution in [0.5, 0.6) is 0 Å². The van der Waals surface area contributed by atoms with Crippen molar-refractivity contribution in [3.63, 3.8) is 0 Å². The van der Waals surface area contributed by atoms with Gasteiger partial charge in [0.05, 0.1) is 21.4 Å². The molecule has 14 heavy (non-hydrogen) atoms. The number of rotatable bonds is 3. The Bertz CT molecular complexity index is 358. The van der Waals surface area contributed by atoms with Gasteiger partial charge in [-0.25, -0.2) is 0 Å². The van der Waals surface area contributed by atoms with Crippen LogP contribution in [-0.4, -0.2) is 15.9 Å². The summed E-state index contributed by atoms with van der Waals surface area (Å²) >= 11 is 8.47. The van der Waals surface area contributed by atoms with Gasteiger partial charge in [-0.05, 0) is 27.6 Å². The molecular weight excluding hydrogens is 273 g/mol. The molecule has 1 rings (SSSR count). The molecule has 0 aliphatic rings. The minimum Gasteiger partial charge on any atom is -0.387 e. The quantitative estimate of drug-likeness (QED) is 0.526. The number of benzene rings is 1. The highest BCUT2D eigenvalue weighted by molar-refractivity contribution is 9.10. The summed E-state index contributed by atoms with van der Waals surface area (Å²) < 4.78 is 0.382. The van der Waals surface area contributed by atoms with Crippen LogP contribution in [0, 0.1) is 10.1 Å². The van der Waals surface area contributed by atoms with Crippen LogP contribution in [0.3, 0.4) is 0 Å². The van der Waals surface area contributed by atoms with Gasteiger partial charge in [0.25, 0.3) is 5.69 Å². The predicted molar refractivity (Wildman–Crippen MR) is 56.5 cm³/mol. The molecule has 1 aromatic carbocycles. The van der Waals surface area contributed by atoms with Gasteiger partial charge in [-0.2, -0.15) is 0 Å². The van der Waals surface area contributed by atoms with E-state index >= 15 is 0 Å². The van der Waals surface area contributed by atoms with Crippen molar-refractivity contribution in [1.82, 2.24) is 0 Å². The average molecular weight is 281 g/mol. The van der Waals surface area contributed by atoms with Crippen molar-refractivity contribution in [1.29, 1.82) is 0 Å². The number of nitrogens with zero attached hydrogens (tertiary/aromatic N) is 1. The van der Waals surface area contributed by atoms with E-state index in [-0.39, 0.29) is 11.6 Å². The molecular formula is C8H7BrClNO3. The fourth-order valence-electron chi connectivity index (χ4n) is 0.966. The molecule has 0 amide bonds. The van der Waals surface area contributed by atoms with Crippen molar-refractivity contribution >= 4 is 33.2 Å². The van der Waals surface area contributed by atoms with Crippen molar-refractivity contribution in [2.75, 3.05) is 5.88 Å². The monoisotopic (exact) mass is 279 g/mol. The Morgan fingerprint density at radius 1 is 1.64 bits per heavy atom. The zero-order valence-corrected chi connectivity index (χ0v) is 9.33. The Kier molecular flexibility index (Phi) is 3.86. The molecule has 1 N–H and O–H groups in total. The maximum atomic E-state index is 10.5. The summed E-state index contributed by atoms with van der Waals surface area (Å²) in [4.78, 5) is 10.0. The molecule has 6 heteroatoms. The number of aliphatic hydroxyl groups excluding tert-OH is 1. The summed E-state index contributed by atoms with van der Waals surface area (Å²) in [6.45, 7) is 0. The highest BCUT2D eigenvalue weighted by Gasteiger charge is 2.15. The van der Waals surface area contributed by atoms with E-state index in [1.165, 1.54) is 12.1 Å². The third kappa shape index (κ3) is 2.43. The van der Waals surface area contributed by atoms with Crippen LogP contribution in [-0.2, 0) is 0 Å². The molecule has 1 aromatic rings. The Morgan fingerprint density at radius 3 is 2.79 bits per heavy atom. The zero-order valence-electron chi connectivity index (χ0n) is 6.98. The topological polar surface area (TPSA) is 63.4 Å². The van der Waals surface area contributed by atoms with E-state index in [0.29, 0.717) is 10.0 Å². The van der Waals surface area contributed by atoms with E-state index in [1.807, 2.05) is 0 Å². The van der Waals surface area contributed by atoms with E-state index in [9.17, 15) is 15.2 Å². The number of aliphatic hydroxyl groups is 1. The van der Waals surface area contributed by atoms with Crippen LogP contribution in [0.25, 0.3) is 0 Å². The third-order valence-corrected chi connectivity index (χ3v) is 2.66. The van der Waals surface area contributed by atoms with Gasteiger partial charge < -0.3 is 5.11 Å². The minimum absolute atomic E-state index is 0.0127. The lowest BCUT2D eigenvalue weighted by atomic mass is 10.1. The zero-order chi connectivity index (χ0) is 10.7.